The maximum Gasteiger partial charge on any atom is 0.273 e. The SMILES string of the molecule is CCCCCCCC(C(=O)NNC(=O)c1cc(CCCCCC)ccc1O)C(C)C(=O)NNC(=O)c1cc(CCCCCC)ccc1O. The van der Waals surface area contributed by atoms with E-state index in [0.29, 0.717) is 12.8 Å². The van der Waals surface area contributed by atoms with Crippen LogP contribution in [-0.2, 0) is 22.4 Å². The van der Waals surface area contributed by atoms with Crippen LogP contribution in [0.4, 0.5) is 0 Å². The van der Waals surface area contributed by atoms with E-state index in [1.165, 1.54) is 12.1 Å². The van der Waals surface area contributed by atoms with Crippen molar-refractivity contribution in [2.45, 2.75) is 130 Å². The first-order chi connectivity index (χ1) is 23.1. The number of hydrogen-bond acceptors (Lipinski definition) is 6. The number of carbonyl (C=O) groups is 4. The summed E-state index contributed by atoms with van der Waals surface area (Å²) in [7, 11) is 0. The fraction of sp³-hybridized carbons (Fsp3) is 0.579. The molecule has 0 fully saturated rings. The Morgan fingerprint density at radius 2 is 0.979 bits per heavy atom. The number of benzene rings is 2. The van der Waals surface area contributed by atoms with Crippen molar-refractivity contribution in [2.75, 3.05) is 0 Å². The van der Waals surface area contributed by atoms with E-state index in [9.17, 15) is 29.4 Å². The molecular weight excluding hydrogens is 608 g/mol. The van der Waals surface area contributed by atoms with Gasteiger partial charge in [-0.05, 0) is 67.5 Å². The molecule has 10 heteroatoms. The topological polar surface area (TPSA) is 157 Å². The normalized spacial score (nSPS) is 12.2. The third kappa shape index (κ3) is 14.0. The highest BCUT2D eigenvalue weighted by Crippen LogP contribution is 2.23. The second-order valence-electron chi connectivity index (χ2n) is 12.8. The van der Waals surface area contributed by atoms with Gasteiger partial charge in [0.15, 0.2) is 0 Å². The first kappa shape index (κ1) is 40.1. The molecule has 2 aromatic carbocycles. The third-order valence-corrected chi connectivity index (χ3v) is 8.82. The van der Waals surface area contributed by atoms with Crippen molar-refractivity contribution in [3.8, 4) is 11.5 Å². The summed E-state index contributed by atoms with van der Waals surface area (Å²) in [6.07, 6.45) is 15.3. The van der Waals surface area contributed by atoms with E-state index >= 15 is 0 Å². The van der Waals surface area contributed by atoms with Crippen LogP contribution in [0.2, 0.25) is 0 Å². The van der Waals surface area contributed by atoms with Gasteiger partial charge in [0, 0.05) is 5.92 Å². The van der Waals surface area contributed by atoms with E-state index in [0.717, 1.165) is 101 Å². The highest BCUT2D eigenvalue weighted by atomic mass is 16.3. The van der Waals surface area contributed by atoms with E-state index in [1.807, 2.05) is 0 Å². The molecule has 0 aliphatic carbocycles. The summed E-state index contributed by atoms with van der Waals surface area (Å²) in [5.41, 5.74) is 11.6. The predicted molar refractivity (Wildman–Crippen MR) is 189 cm³/mol. The minimum Gasteiger partial charge on any atom is -0.507 e. The van der Waals surface area contributed by atoms with Gasteiger partial charge >= 0.3 is 0 Å². The molecule has 0 radical (unpaired) electrons. The number of unbranched alkanes of at least 4 members (excludes halogenated alkanes) is 10. The lowest BCUT2D eigenvalue weighted by molar-refractivity contribution is -0.135. The van der Waals surface area contributed by atoms with E-state index in [2.05, 4.69) is 42.5 Å². The van der Waals surface area contributed by atoms with Crippen molar-refractivity contribution in [1.29, 1.82) is 0 Å². The van der Waals surface area contributed by atoms with Crippen LogP contribution >= 0.6 is 0 Å². The second-order valence-corrected chi connectivity index (χ2v) is 12.8. The minimum atomic E-state index is -0.855. The van der Waals surface area contributed by atoms with Crippen molar-refractivity contribution in [3.63, 3.8) is 0 Å². The molecule has 0 saturated heterocycles. The molecule has 0 spiro atoms. The van der Waals surface area contributed by atoms with Crippen molar-refractivity contribution >= 4 is 23.6 Å². The molecule has 2 rings (SSSR count). The van der Waals surface area contributed by atoms with Gasteiger partial charge in [-0.1, -0.05) is 110 Å². The molecule has 2 unspecified atom stereocenters. The number of hydrazine groups is 2. The molecule has 0 saturated carbocycles. The van der Waals surface area contributed by atoms with Gasteiger partial charge in [0.1, 0.15) is 11.5 Å². The van der Waals surface area contributed by atoms with E-state index in [1.54, 1.807) is 31.2 Å². The molecule has 0 aromatic heterocycles. The molecule has 0 heterocycles. The van der Waals surface area contributed by atoms with Crippen LogP contribution in [0, 0.1) is 11.8 Å². The Morgan fingerprint density at radius 1 is 0.562 bits per heavy atom. The van der Waals surface area contributed by atoms with Crippen molar-refractivity contribution in [3.05, 3.63) is 58.7 Å². The first-order valence-electron chi connectivity index (χ1n) is 18.0. The Labute approximate surface area is 286 Å². The Bertz CT molecular complexity index is 1310. The van der Waals surface area contributed by atoms with Crippen molar-refractivity contribution < 1.29 is 29.4 Å². The van der Waals surface area contributed by atoms with Crippen molar-refractivity contribution in [2.24, 2.45) is 11.8 Å². The van der Waals surface area contributed by atoms with Crippen molar-refractivity contribution in [1.82, 2.24) is 21.7 Å². The Hall–Kier alpha value is -4.08. The summed E-state index contributed by atoms with van der Waals surface area (Å²) < 4.78 is 0. The smallest absolute Gasteiger partial charge is 0.273 e. The average molecular weight is 667 g/mol. The quantitative estimate of drug-likeness (QED) is 0.0612. The Balaban J connectivity index is 2.05. The zero-order valence-corrected chi connectivity index (χ0v) is 29.5. The highest BCUT2D eigenvalue weighted by molar-refractivity contribution is 5.99. The van der Waals surface area contributed by atoms with Gasteiger partial charge in [0.25, 0.3) is 11.8 Å². The monoisotopic (exact) mass is 666 g/mol. The van der Waals surface area contributed by atoms with Crippen LogP contribution in [0.5, 0.6) is 11.5 Å². The fourth-order valence-corrected chi connectivity index (χ4v) is 5.69. The first-order valence-corrected chi connectivity index (χ1v) is 18.0. The van der Waals surface area contributed by atoms with Crippen LogP contribution in [0.3, 0.4) is 0 Å². The van der Waals surface area contributed by atoms with Gasteiger partial charge in [0.2, 0.25) is 11.8 Å². The third-order valence-electron chi connectivity index (χ3n) is 8.82. The molecule has 2 aromatic rings. The fourth-order valence-electron chi connectivity index (χ4n) is 5.69. The number of aromatic hydroxyl groups is 2. The summed E-state index contributed by atoms with van der Waals surface area (Å²) in [5.74, 6) is -4.49. The van der Waals surface area contributed by atoms with E-state index in [4.69, 9.17) is 0 Å². The number of aryl methyl sites for hydroxylation is 2. The lowest BCUT2D eigenvalue weighted by Crippen LogP contribution is -2.50. The highest BCUT2D eigenvalue weighted by Gasteiger charge is 2.31. The number of rotatable bonds is 21. The maximum absolute atomic E-state index is 13.4. The molecule has 2 atom stereocenters. The van der Waals surface area contributed by atoms with Gasteiger partial charge in [-0.15, -0.1) is 0 Å². The molecular formula is C38H58N4O6. The lowest BCUT2D eigenvalue weighted by atomic mass is 9.87. The number of phenolic OH excluding ortho intramolecular Hbond substituents is 2. The molecule has 0 aliphatic heterocycles. The van der Waals surface area contributed by atoms with Gasteiger partial charge < -0.3 is 10.2 Å². The zero-order valence-electron chi connectivity index (χ0n) is 29.5. The van der Waals surface area contributed by atoms with E-state index in [-0.39, 0.29) is 22.6 Å². The van der Waals surface area contributed by atoms with Crippen LogP contribution < -0.4 is 21.7 Å². The van der Waals surface area contributed by atoms with Crippen LogP contribution in [-0.4, -0.2) is 33.8 Å². The van der Waals surface area contributed by atoms with E-state index < -0.39 is 35.5 Å². The molecule has 0 bridgehead atoms. The average Bonchev–Trinajstić information content (AvgIpc) is 3.08. The molecule has 48 heavy (non-hydrogen) atoms. The summed E-state index contributed by atoms with van der Waals surface area (Å²) in [6, 6.07) is 9.79. The molecule has 266 valence electrons. The maximum atomic E-state index is 13.4. The number of carbonyl (C=O) groups excluding carboxylic acids is 4. The molecule has 4 amide bonds. The standard InChI is InChI=1S/C38H58N4O6/c1-5-8-11-14-17-20-30(36(46)40-42-38(48)32-26-29(22-24-34(32)44)19-16-13-10-7-3)27(4)35(45)39-41-37(47)31-25-28(21-23-33(31)43)18-15-12-9-6-2/h21-27,30,43-44H,5-20H2,1-4H3,(H,39,45)(H,40,46)(H,41,47)(H,42,48). The molecule has 6 N–H and O–H groups in total. The minimum absolute atomic E-state index is 0.0529. The van der Waals surface area contributed by atoms with Gasteiger partial charge in [0.05, 0.1) is 17.0 Å². The number of phenols is 2. The largest absolute Gasteiger partial charge is 0.507 e. The van der Waals surface area contributed by atoms with Gasteiger partial charge in [-0.25, -0.2) is 0 Å². The Kier molecular flexibility index (Phi) is 18.8. The molecule has 0 aliphatic rings. The summed E-state index contributed by atoms with van der Waals surface area (Å²) in [4.78, 5) is 52.5. The second kappa shape index (κ2) is 22.5. The number of nitrogens with one attached hydrogen (secondary N) is 4. The summed E-state index contributed by atoms with van der Waals surface area (Å²) in [5, 5.41) is 20.6. The van der Waals surface area contributed by atoms with Gasteiger partial charge in [-0.3, -0.25) is 40.9 Å². The predicted octanol–water partition coefficient (Wildman–Crippen LogP) is 7.18. The van der Waals surface area contributed by atoms with Gasteiger partial charge in [-0.2, -0.15) is 0 Å². The zero-order chi connectivity index (χ0) is 35.3. The van der Waals surface area contributed by atoms with Crippen LogP contribution in [0.1, 0.15) is 149 Å². The lowest BCUT2D eigenvalue weighted by Gasteiger charge is -2.23. The van der Waals surface area contributed by atoms with Crippen LogP contribution in [0.15, 0.2) is 36.4 Å². The van der Waals surface area contributed by atoms with Crippen LogP contribution in [0.25, 0.3) is 0 Å². The Morgan fingerprint density at radius 3 is 1.44 bits per heavy atom. The number of hydrogen-bond donors (Lipinski definition) is 6. The molecule has 10 nitrogen and oxygen atoms in total. The summed E-state index contributed by atoms with van der Waals surface area (Å²) in [6.45, 7) is 8.00. The number of amides is 4. The summed E-state index contributed by atoms with van der Waals surface area (Å²) >= 11 is 0.